The number of nitrogens with one attached hydrogen (secondary N) is 1. The molecule has 164 valence electrons. The molecule has 30 heavy (non-hydrogen) atoms. The Morgan fingerprint density at radius 3 is 2.33 bits per heavy atom. The van der Waals surface area contributed by atoms with Crippen LogP contribution in [0.1, 0.15) is 55.7 Å². The Labute approximate surface area is 172 Å². The average molecular weight is 445 g/mol. The Balaban J connectivity index is 1.96. The predicted octanol–water partition coefficient (Wildman–Crippen LogP) is 4.07. The number of ether oxygens (including phenoxy) is 1. The number of aromatic nitrogens is 2. The lowest BCUT2D eigenvalue weighted by Gasteiger charge is -2.22. The number of nitrogens with zero attached hydrogens (tertiary/aromatic N) is 2. The number of carbonyl (C=O) groups is 1. The molecule has 1 aromatic heterocycles. The van der Waals surface area contributed by atoms with Crippen LogP contribution < -0.4 is 10.1 Å². The second-order valence-corrected chi connectivity index (χ2v) is 10.0. The maximum Gasteiger partial charge on any atom is 0.501 e. The van der Waals surface area contributed by atoms with Gasteiger partial charge < -0.3 is 10.1 Å². The third-order valence-electron chi connectivity index (χ3n) is 4.63. The van der Waals surface area contributed by atoms with E-state index in [1.807, 2.05) is 20.8 Å². The zero-order valence-electron chi connectivity index (χ0n) is 16.9. The monoisotopic (exact) mass is 445 g/mol. The summed E-state index contributed by atoms with van der Waals surface area (Å²) in [4.78, 5) is 11.8. The number of hydrogen-bond acceptors (Lipinski definition) is 5. The number of methoxy groups -OCH3 is 1. The highest BCUT2D eigenvalue weighted by molar-refractivity contribution is 7.92. The lowest BCUT2D eigenvalue weighted by atomic mass is 10.1. The van der Waals surface area contributed by atoms with E-state index in [9.17, 15) is 26.4 Å². The summed E-state index contributed by atoms with van der Waals surface area (Å²) >= 11 is 0. The van der Waals surface area contributed by atoms with Crippen LogP contribution in [0.4, 0.5) is 18.9 Å². The van der Waals surface area contributed by atoms with E-state index in [4.69, 9.17) is 4.74 Å². The van der Waals surface area contributed by atoms with Gasteiger partial charge in [0.05, 0.1) is 23.2 Å². The Morgan fingerprint density at radius 1 is 1.20 bits per heavy atom. The van der Waals surface area contributed by atoms with Gasteiger partial charge in [0.1, 0.15) is 5.75 Å². The zero-order chi connectivity index (χ0) is 22.5. The van der Waals surface area contributed by atoms with Crippen LogP contribution in [0.25, 0.3) is 0 Å². The second kappa shape index (κ2) is 7.29. The Bertz CT molecular complexity index is 1080. The highest BCUT2D eigenvalue weighted by Gasteiger charge is 2.47. The summed E-state index contributed by atoms with van der Waals surface area (Å²) in [6.45, 7) is 5.84. The summed E-state index contributed by atoms with van der Waals surface area (Å²) < 4.78 is 68.9. The molecule has 0 aliphatic heterocycles. The van der Waals surface area contributed by atoms with Gasteiger partial charge in [-0.1, -0.05) is 0 Å². The van der Waals surface area contributed by atoms with Gasteiger partial charge in [0, 0.05) is 11.6 Å². The minimum absolute atomic E-state index is 0.0159. The van der Waals surface area contributed by atoms with E-state index in [2.05, 4.69) is 10.4 Å². The van der Waals surface area contributed by atoms with Crippen LogP contribution in [0.15, 0.2) is 29.2 Å². The number of hydrogen-bond donors (Lipinski definition) is 1. The third-order valence-corrected chi connectivity index (χ3v) is 6.12. The van der Waals surface area contributed by atoms with Gasteiger partial charge in [0.2, 0.25) is 0 Å². The molecule has 1 aromatic carbocycles. The quantitative estimate of drug-likeness (QED) is 0.749. The first-order valence-electron chi connectivity index (χ1n) is 9.17. The van der Waals surface area contributed by atoms with Crippen LogP contribution in [0.3, 0.4) is 0 Å². The SMILES string of the molecule is COc1ccc(S(=O)(=O)C(F)(F)F)cc1NC(=O)c1cc(C2CC2)n(C(C)(C)C)n1. The van der Waals surface area contributed by atoms with Gasteiger partial charge in [0.25, 0.3) is 15.7 Å². The predicted molar refractivity (Wildman–Crippen MR) is 103 cm³/mol. The van der Waals surface area contributed by atoms with Crippen molar-refractivity contribution in [2.75, 3.05) is 12.4 Å². The summed E-state index contributed by atoms with van der Waals surface area (Å²) in [7, 11) is -4.32. The van der Waals surface area contributed by atoms with Crippen molar-refractivity contribution in [1.82, 2.24) is 9.78 Å². The molecule has 11 heteroatoms. The van der Waals surface area contributed by atoms with Crippen molar-refractivity contribution >= 4 is 21.4 Å². The lowest BCUT2D eigenvalue weighted by molar-refractivity contribution is -0.0436. The number of alkyl halides is 3. The molecule has 1 N–H and O–H groups in total. The normalized spacial score (nSPS) is 15.2. The molecule has 2 aromatic rings. The largest absolute Gasteiger partial charge is 0.501 e. The van der Waals surface area contributed by atoms with Crippen LogP contribution >= 0.6 is 0 Å². The fourth-order valence-electron chi connectivity index (χ4n) is 2.99. The van der Waals surface area contributed by atoms with Crippen LogP contribution in [-0.2, 0) is 15.4 Å². The molecule has 0 radical (unpaired) electrons. The molecule has 0 bridgehead atoms. The molecule has 0 atom stereocenters. The highest BCUT2D eigenvalue weighted by atomic mass is 32.2. The fourth-order valence-corrected chi connectivity index (χ4v) is 3.77. The van der Waals surface area contributed by atoms with Gasteiger partial charge >= 0.3 is 5.51 Å². The number of amides is 1. The maximum absolute atomic E-state index is 12.9. The van der Waals surface area contributed by atoms with Gasteiger partial charge in [-0.2, -0.15) is 18.3 Å². The first-order chi connectivity index (χ1) is 13.8. The molecule has 1 heterocycles. The number of carbonyl (C=O) groups excluding carboxylic acids is 1. The van der Waals surface area contributed by atoms with Gasteiger partial charge in [-0.25, -0.2) is 8.42 Å². The van der Waals surface area contributed by atoms with Gasteiger partial charge in [0.15, 0.2) is 5.69 Å². The van der Waals surface area contributed by atoms with E-state index in [0.717, 1.165) is 36.7 Å². The summed E-state index contributed by atoms with van der Waals surface area (Å²) in [6.07, 6.45) is 1.99. The van der Waals surface area contributed by atoms with Crippen LogP contribution in [0, 0.1) is 0 Å². The standard InChI is InChI=1S/C19H22F3N3O4S/c1-18(2,3)25-15(11-5-6-11)10-14(24-25)17(26)23-13-9-12(7-8-16(13)29-4)30(27,28)19(20,21)22/h7-11H,5-6H2,1-4H3,(H,23,26). The van der Waals surface area contributed by atoms with Crippen LogP contribution in [0.2, 0.25) is 0 Å². The zero-order valence-corrected chi connectivity index (χ0v) is 17.7. The fraction of sp³-hybridized carbons (Fsp3) is 0.474. The number of sulfone groups is 1. The molecule has 0 saturated heterocycles. The van der Waals surface area contributed by atoms with Gasteiger partial charge in [-0.3, -0.25) is 9.48 Å². The van der Waals surface area contributed by atoms with E-state index < -0.39 is 26.1 Å². The summed E-state index contributed by atoms with van der Waals surface area (Å²) in [6, 6.07) is 4.21. The van der Waals surface area contributed by atoms with Crippen molar-refractivity contribution in [3.8, 4) is 5.75 Å². The topological polar surface area (TPSA) is 90.3 Å². The van der Waals surface area contributed by atoms with Crippen LogP contribution in [-0.4, -0.2) is 36.7 Å². The number of anilines is 1. The number of rotatable bonds is 5. The molecule has 1 fully saturated rings. The van der Waals surface area contributed by atoms with Crippen molar-refractivity contribution in [2.45, 2.75) is 55.5 Å². The molecular weight excluding hydrogens is 423 g/mol. The van der Waals surface area contributed by atoms with Crippen molar-refractivity contribution in [3.05, 3.63) is 35.7 Å². The molecule has 1 saturated carbocycles. The highest BCUT2D eigenvalue weighted by Crippen LogP contribution is 2.42. The first-order valence-corrected chi connectivity index (χ1v) is 10.6. The molecule has 3 rings (SSSR count). The van der Waals surface area contributed by atoms with Crippen molar-refractivity contribution in [2.24, 2.45) is 0 Å². The second-order valence-electron chi connectivity index (χ2n) is 8.08. The van der Waals surface area contributed by atoms with Crippen LogP contribution in [0.5, 0.6) is 5.75 Å². The Hall–Kier alpha value is -2.56. The smallest absolute Gasteiger partial charge is 0.495 e. The Morgan fingerprint density at radius 2 is 1.83 bits per heavy atom. The van der Waals surface area contributed by atoms with E-state index in [1.54, 1.807) is 10.7 Å². The van der Waals surface area contributed by atoms with E-state index in [-0.39, 0.29) is 22.7 Å². The van der Waals surface area contributed by atoms with E-state index >= 15 is 0 Å². The van der Waals surface area contributed by atoms with E-state index in [0.29, 0.717) is 5.92 Å². The summed E-state index contributed by atoms with van der Waals surface area (Å²) in [5.74, 6) is -0.352. The maximum atomic E-state index is 12.9. The number of halogens is 3. The molecule has 1 amide bonds. The minimum atomic E-state index is -5.58. The van der Waals surface area contributed by atoms with Crippen molar-refractivity contribution in [1.29, 1.82) is 0 Å². The van der Waals surface area contributed by atoms with E-state index in [1.165, 1.54) is 7.11 Å². The van der Waals surface area contributed by atoms with Gasteiger partial charge in [-0.05, 0) is 57.9 Å². The summed E-state index contributed by atoms with van der Waals surface area (Å²) in [5, 5.41) is 6.79. The summed E-state index contributed by atoms with van der Waals surface area (Å²) in [5.41, 5.74) is -5.04. The molecular formula is C19H22F3N3O4S. The molecule has 7 nitrogen and oxygen atoms in total. The molecule has 0 spiro atoms. The molecule has 1 aliphatic rings. The molecule has 0 unspecified atom stereocenters. The third kappa shape index (κ3) is 4.16. The van der Waals surface area contributed by atoms with Gasteiger partial charge in [-0.15, -0.1) is 0 Å². The van der Waals surface area contributed by atoms with Crippen molar-refractivity contribution in [3.63, 3.8) is 0 Å². The molecule has 1 aliphatic carbocycles. The Kier molecular flexibility index (Phi) is 5.38. The number of benzene rings is 1. The lowest BCUT2D eigenvalue weighted by Crippen LogP contribution is -2.26. The first kappa shape index (κ1) is 22.1. The minimum Gasteiger partial charge on any atom is -0.495 e. The average Bonchev–Trinajstić information content (AvgIpc) is 3.37. The van der Waals surface area contributed by atoms with Crippen molar-refractivity contribution < 1.29 is 31.1 Å².